The van der Waals surface area contributed by atoms with Gasteiger partial charge in [0, 0.05) is 12.6 Å². The van der Waals surface area contributed by atoms with Crippen LogP contribution in [0.25, 0.3) is 0 Å². The van der Waals surface area contributed by atoms with Gasteiger partial charge in [-0.3, -0.25) is 9.69 Å². The van der Waals surface area contributed by atoms with E-state index in [2.05, 4.69) is 11.8 Å². The third kappa shape index (κ3) is 3.75. The van der Waals surface area contributed by atoms with Crippen molar-refractivity contribution in [2.24, 2.45) is 11.3 Å². The van der Waals surface area contributed by atoms with Crippen LogP contribution in [0.15, 0.2) is 0 Å². The molecule has 3 heteroatoms. The maximum absolute atomic E-state index is 11.5. The predicted molar refractivity (Wildman–Crippen MR) is 81.8 cm³/mol. The molecule has 0 spiro atoms. The van der Waals surface area contributed by atoms with Gasteiger partial charge in [0.05, 0.1) is 5.41 Å². The largest absolute Gasteiger partial charge is 0.481 e. The number of carboxylic acids is 1. The van der Waals surface area contributed by atoms with E-state index in [1.54, 1.807) is 0 Å². The van der Waals surface area contributed by atoms with E-state index in [0.29, 0.717) is 6.04 Å². The molecule has 0 aromatic heterocycles. The van der Waals surface area contributed by atoms with Crippen LogP contribution in [0, 0.1) is 11.3 Å². The molecule has 2 aliphatic rings. The zero-order valence-corrected chi connectivity index (χ0v) is 13.2. The van der Waals surface area contributed by atoms with E-state index in [1.165, 1.54) is 44.9 Å². The molecular formula is C17H31NO2. The van der Waals surface area contributed by atoms with Crippen molar-refractivity contribution < 1.29 is 9.90 Å². The third-order valence-electron chi connectivity index (χ3n) is 5.51. The zero-order chi connectivity index (χ0) is 14.6. The van der Waals surface area contributed by atoms with E-state index in [9.17, 15) is 9.90 Å². The zero-order valence-electron chi connectivity index (χ0n) is 13.2. The van der Waals surface area contributed by atoms with Gasteiger partial charge in [0.25, 0.3) is 0 Å². The maximum Gasteiger partial charge on any atom is 0.310 e. The molecule has 1 saturated carbocycles. The first-order valence-corrected chi connectivity index (χ1v) is 8.52. The molecule has 116 valence electrons. The van der Waals surface area contributed by atoms with Crippen molar-refractivity contribution in [3.8, 4) is 0 Å². The van der Waals surface area contributed by atoms with Gasteiger partial charge < -0.3 is 5.11 Å². The van der Waals surface area contributed by atoms with E-state index in [4.69, 9.17) is 0 Å². The summed E-state index contributed by atoms with van der Waals surface area (Å²) in [5.74, 6) is 0.306. The van der Waals surface area contributed by atoms with Gasteiger partial charge in [-0.15, -0.1) is 0 Å². The summed E-state index contributed by atoms with van der Waals surface area (Å²) in [6.45, 7) is 6.07. The Bertz CT molecular complexity index is 331. The van der Waals surface area contributed by atoms with E-state index in [1.807, 2.05) is 6.92 Å². The summed E-state index contributed by atoms with van der Waals surface area (Å²) in [6, 6.07) is 0.635. The van der Waals surface area contributed by atoms with Gasteiger partial charge in [0.15, 0.2) is 0 Å². The van der Waals surface area contributed by atoms with Gasteiger partial charge in [-0.05, 0) is 51.5 Å². The molecule has 2 fully saturated rings. The van der Waals surface area contributed by atoms with Gasteiger partial charge in [-0.1, -0.05) is 32.6 Å². The van der Waals surface area contributed by atoms with Crippen LogP contribution in [0.4, 0.5) is 0 Å². The first-order valence-electron chi connectivity index (χ1n) is 8.52. The highest BCUT2D eigenvalue weighted by Gasteiger charge is 2.39. The number of hydrogen-bond donors (Lipinski definition) is 1. The van der Waals surface area contributed by atoms with Crippen molar-refractivity contribution in [2.45, 2.75) is 77.7 Å². The van der Waals surface area contributed by atoms with E-state index >= 15 is 0 Å². The number of hydrogen-bond acceptors (Lipinski definition) is 2. The SMILES string of the molecule is CCCC1CCCC(N2CCCC(C)(C(=O)O)C2)CC1. The second kappa shape index (κ2) is 6.93. The lowest BCUT2D eigenvalue weighted by atomic mass is 9.81. The molecule has 1 aliphatic heterocycles. The third-order valence-corrected chi connectivity index (χ3v) is 5.51. The number of likely N-dealkylation sites (tertiary alicyclic amines) is 1. The predicted octanol–water partition coefficient (Wildman–Crippen LogP) is 3.92. The minimum atomic E-state index is -0.611. The second-order valence-corrected chi connectivity index (χ2v) is 7.26. The lowest BCUT2D eigenvalue weighted by Crippen LogP contribution is -2.49. The molecule has 1 heterocycles. The fraction of sp³-hybridized carbons (Fsp3) is 0.941. The number of carboxylic acid groups (broad SMARTS) is 1. The van der Waals surface area contributed by atoms with Crippen LogP contribution in [0.2, 0.25) is 0 Å². The Morgan fingerprint density at radius 1 is 1.25 bits per heavy atom. The minimum absolute atomic E-state index is 0.520. The summed E-state index contributed by atoms with van der Waals surface area (Å²) in [4.78, 5) is 14.0. The highest BCUT2D eigenvalue weighted by atomic mass is 16.4. The molecule has 20 heavy (non-hydrogen) atoms. The van der Waals surface area contributed by atoms with Crippen molar-refractivity contribution in [1.82, 2.24) is 4.90 Å². The van der Waals surface area contributed by atoms with Crippen LogP contribution < -0.4 is 0 Å². The van der Waals surface area contributed by atoms with E-state index in [-0.39, 0.29) is 0 Å². The molecule has 0 amide bonds. The van der Waals surface area contributed by atoms with E-state index < -0.39 is 11.4 Å². The van der Waals surface area contributed by atoms with Crippen LogP contribution in [0.3, 0.4) is 0 Å². The molecule has 3 nitrogen and oxygen atoms in total. The van der Waals surface area contributed by atoms with Crippen molar-refractivity contribution in [2.75, 3.05) is 13.1 Å². The number of rotatable bonds is 4. The van der Waals surface area contributed by atoms with Crippen LogP contribution in [-0.2, 0) is 4.79 Å². The molecule has 1 saturated heterocycles. The molecule has 0 aromatic carbocycles. The molecule has 0 radical (unpaired) electrons. The summed E-state index contributed by atoms with van der Waals surface area (Å²) in [7, 11) is 0. The molecule has 1 N–H and O–H groups in total. The Kier molecular flexibility index (Phi) is 5.48. The number of piperidine rings is 1. The lowest BCUT2D eigenvalue weighted by molar-refractivity contribution is -0.151. The monoisotopic (exact) mass is 281 g/mol. The van der Waals surface area contributed by atoms with Gasteiger partial charge in [-0.25, -0.2) is 0 Å². The lowest BCUT2D eigenvalue weighted by Gasteiger charge is -2.41. The topological polar surface area (TPSA) is 40.5 Å². The first kappa shape index (κ1) is 15.8. The first-order chi connectivity index (χ1) is 9.55. The number of aliphatic carboxylic acids is 1. The Hall–Kier alpha value is -0.570. The average molecular weight is 281 g/mol. The number of carbonyl (C=O) groups is 1. The minimum Gasteiger partial charge on any atom is -0.481 e. The molecule has 1 aliphatic carbocycles. The molecule has 2 rings (SSSR count). The van der Waals surface area contributed by atoms with Gasteiger partial charge >= 0.3 is 5.97 Å². The van der Waals surface area contributed by atoms with Crippen molar-refractivity contribution in [3.05, 3.63) is 0 Å². The normalized spacial score (nSPS) is 36.5. The van der Waals surface area contributed by atoms with E-state index in [0.717, 1.165) is 31.8 Å². The Morgan fingerprint density at radius 3 is 2.75 bits per heavy atom. The molecular weight excluding hydrogens is 250 g/mol. The molecule has 3 atom stereocenters. The van der Waals surface area contributed by atoms with Gasteiger partial charge in [0.2, 0.25) is 0 Å². The fourth-order valence-corrected chi connectivity index (χ4v) is 4.19. The summed E-state index contributed by atoms with van der Waals surface area (Å²) in [5, 5.41) is 9.45. The van der Waals surface area contributed by atoms with Crippen molar-refractivity contribution in [3.63, 3.8) is 0 Å². The van der Waals surface area contributed by atoms with Crippen LogP contribution in [0.5, 0.6) is 0 Å². The molecule has 0 aromatic rings. The van der Waals surface area contributed by atoms with Gasteiger partial charge in [0.1, 0.15) is 0 Å². The van der Waals surface area contributed by atoms with Crippen molar-refractivity contribution in [1.29, 1.82) is 0 Å². The van der Waals surface area contributed by atoms with Crippen LogP contribution in [-0.4, -0.2) is 35.1 Å². The summed E-state index contributed by atoms with van der Waals surface area (Å²) >= 11 is 0. The standard InChI is InChI=1S/C17H31NO2/c1-3-6-14-7-4-8-15(10-9-14)18-12-5-11-17(2,13-18)16(19)20/h14-15H,3-13H2,1-2H3,(H,19,20). The Morgan fingerprint density at radius 2 is 2.05 bits per heavy atom. The Labute approximate surface area is 123 Å². The van der Waals surface area contributed by atoms with Gasteiger partial charge in [-0.2, -0.15) is 0 Å². The fourth-order valence-electron chi connectivity index (χ4n) is 4.19. The quantitative estimate of drug-likeness (QED) is 0.794. The highest BCUT2D eigenvalue weighted by molar-refractivity contribution is 5.74. The smallest absolute Gasteiger partial charge is 0.310 e. The van der Waals surface area contributed by atoms with Crippen LogP contribution >= 0.6 is 0 Å². The maximum atomic E-state index is 11.5. The van der Waals surface area contributed by atoms with Crippen LogP contribution in [0.1, 0.15) is 71.6 Å². The summed E-state index contributed by atoms with van der Waals surface area (Å²) in [5.41, 5.74) is -0.520. The molecule has 0 bridgehead atoms. The Balaban J connectivity index is 1.92. The average Bonchev–Trinajstić information content (AvgIpc) is 2.65. The summed E-state index contributed by atoms with van der Waals surface area (Å²) in [6.07, 6.45) is 11.2. The highest BCUT2D eigenvalue weighted by Crippen LogP contribution is 2.35. The number of nitrogens with zero attached hydrogens (tertiary/aromatic N) is 1. The molecule has 3 unspecified atom stereocenters. The summed E-state index contributed by atoms with van der Waals surface area (Å²) < 4.78 is 0. The second-order valence-electron chi connectivity index (χ2n) is 7.26. The van der Waals surface area contributed by atoms with Crippen molar-refractivity contribution >= 4 is 5.97 Å².